The van der Waals surface area contributed by atoms with Crippen LogP contribution in [-0.2, 0) is 9.53 Å². The predicted molar refractivity (Wildman–Crippen MR) is 108 cm³/mol. The summed E-state index contributed by atoms with van der Waals surface area (Å²) in [5, 5.41) is 0.606. The lowest BCUT2D eigenvalue weighted by Gasteiger charge is -2.29. The van der Waals surface area contributed by atoms with Gasteiger partial charge in [-0.3, -0.25) is 4.99 Å². The first-order valence-electron chi connectivity index (χ1n) is 8.82. The third-order valence-electron chi connectivity index (χ3n) is 3.95. The number of alkyl halides is 1. The molecule has 0 aliphatic carbocycles. The lowest BCUT2D eigenvalue weighted by atomic mass is 9.92. The number of hydrogen-bond acceptors (Lipinski definition) is 3. The van der Waals surface area contributed by atoms with E-state index in [1.165, 1.54) is 0 Å². The van der Waals surface area contributed by atoms with E-state index in [0.717, 1.165) is 5.56 Å². The summed E-state index contributed by atoms with van der Waals surface area (Å²) in [5.74, 6) is -0.557. The molecule has 0 aliphatic heterocycles. The molecule has 2 aromatic rings. The summed E-state index contributed by atoms with van der Waals surface area (Å²) >= 11 is 5.89. The topological polar surface area (TPSA) is 38.7 Å². The maximum Gasteiger partial charge on any atom is 0.334 e. The van der Waals surface area contributed by atoms with Crippen LogP contribution in [0.1, 0.15) is 51.4 Å². The highest BCUT2D eigenvalue weighted by molar-refractivity contribution is 6.30. The van der Waals surface area contributed by atoms with Crippen LogP contribution in [0.2, 0.25) is 5.02 Å². The Morgan fingerprint density at radius 1 is 1.11 bits per heavy atom. The molecule has 0 spiro atoms. The van der Waals surface area contributed by atoms with E-state index in [4.69, 9.17) is 16.3 Å². The van der Waals surface area contributed by atoms with Crippen LogP contribution in [0.5, 0.6) is 0 Å². The number of carbonyl (C=O) groups is 1. The van der Waals surface area contributed by atoms with Gasteiger partial charge in [-0.25, -0.2) is 9.18 Å². The third kappa shape index (κ3) is 6.47. The van der Waals surface area contributed by atoms with Crippen LogP contribution in [0, 0.1) is 0 Å². The van der Waals surface area contributed by atoms with E-state index in [1.54, 1.807) is 82.4 Å². The number of esters is 1. The maximum atomic E-state index is 14.9. The first kappa shape index (κ1) is 21.1. The number of rotatable bonds is 6. The van der Waals surface area contributed by atoms with Gasteiger partial charge in [0.2, 0.25) is 0 Å². The molecule has 0 bridgehead atoms. The summed E-state index contributed by atoms with van der Waals surface area (Å²) in [5.41, 5.74) is -0.771. The van der Waals surface area contributed by atoms with Gasteiger partial charge in [-0.15, -0.1) is 0 Å². The molecule has 0 aromatic heterocycles. The molecule has 2 rings (SSSR count). The van der Waals surface area contributed by atoms with Gasteiger partial charge in [0.1, 0.15) is 11.8 Å². The summed E-state index contributed by atoms with van der Waals surface area (Å²) in [6.45, 7) is 6.93. The van der Waals surface area contributed by atoms with Gasteiger partial charge < -0.3 is 4.74 Å². The van der Waals surface area contributed by atoms with Crippen molar-refractivity contribution in [3.05, 3.63) is 70.7 Å². The van der Waals surface area contributed by atoms with Crippen molar-refractivity contribution in [2.75, 3.05) is 0 Å². The average Bonchev–Trinajstić information content (AvgIpc) is 2.60. The van der Waals surface area contributed by atoms with E-state index in [-0.39, 0.29) is 6.42 Å². The SMILES string of the molecule is CC(C)(C)OC(=O)C(C)(CC(F)c1ccccc1)N=Cc1ccc(Cl)cc1. The summed E-state index contributed by atoms with van der Waals surface area (Å²) in [4.78, 5) is 17.2. The zero-order chi connectivity index (χ0) is 20.1. The Kier molecular flexibility index (Phi) is 6.77. The molecule has 2 unspecified atom stereocenters. The van der Waals surface area contributed by atoms with Crippen molar-refractivity contribution >= 4 is 23.8 Å². The largest absolute Gasteiger partial charge is 0.458 e. The molecule has 2 atom stereocenters. The third-order valence-corrected chi connectivity index (χ3v) is 4.20. The van der Waals surface area contributed by atoms with Crippen molar-refractivity contribution in [3.8, 4) is 0 Å². The molecule has 0 radical (unpaired) electrons. The van der Waals surface area contributed by atoms with Gasteiger partial charge in [0.15, 0.2) is 5.54 Å². The van der Waals surface area contributed by atoms with Gasteiger partial charge in [0.25, 0.3) is 0 Å². The summed E-state index contributed by atoms with van der Waals surface area (Å²) < 4.78 is 20.4. The molecule has 0 aliphatic rings. The molecule has 27 heavy (non-hydrogen) atoms. The number of halogens is 2. The van der Waals surface area contributed by atoms with Crippen LogP contribution in [0.3, 0.4) is 0 Å². The minimum atomic E-state index is -1.36. The van der Waals surface area contributed by atoms with Crippen molar-refractivity contribution < 1.29 is 13.9 Å². The van der Waals surface area contributed by atoms with Crippen molar-refractivity contribution in [1.82, 2.24) is 0 Å². The monoisotopic (exact) mass is 389 g/mol. The average molecular weight is 390 g/mol. The molecular weight excluding hydrogens is 365 g/mol. The second-order valence-electron chi connectivity index (χ2n) is 7.67. The standard InChI is InChI=1S/C22H25ClFNO2/c1-21(2,3)27-20(26)22(4,14-19(24)17-8-6-5-7-9-17)25-15-16-10-12-18(23)13-11-16/h5-13,15,19H,14H2,1-4H3. The number of hydrogen-bond donors (Lipinski definition) is 0. The Morgan fingerprint density at radius 3 is 2.26 bits per heavy atom. The molecule has 0 N–H and O–H groups in total. The first-order chi connectivity index (χ1) is 12.6. The van der Waals surface area contributed by atoms with Gasteiger partial charge in [0.05, 0.1) is 0 Å². The fourth-order valence-electron chi connectivity index (χ4n) is 2.47. The van der Waals surface area contributed by atoms with Crippen molar-refractivity contribution in [1.29, 1.82) is 0 Å². The summed E-state index contributed by atoms with van der Waals surface area (Å²) in [6.07, 6.45) is 0.0969. The maximum absolute atomic E-state index is 14.9. The fraction of sp³-hybridized carbons (Fsp3) is 0.364. The second-order valence-corrected chi connectivity index (χ2v) is 8.10. The molecule has 0 saturated heterocycles. The van der Waals surface area contributed by atoms with Crippen LogP contribution >= 0.6 is 11.6 Å². The van der Waals surface area contributed by atoms with Crippen LogP contribution < -0.4 is 0 Å². The van der Waals surface area contributed by atoms with Gasteiger partial charge in [-0.05, 0) is 51.0 Å². The molecule has 0 heterocycles. The fourth-order valence-corrected chi connectivity index (χ4v) is 2.60. The number of aliphatic imine (C=N–C) groups is 1. The van der Waals surface area contributed by atoms with E-state index in [1.807, 2.05) is 6.07 Å². The van der Waals surface area contributed by atoms with E-state index < -0.39 is 23.3 Å². The van der Waals surface area contributed by atoms with Gasteiger partial charge in [0, 0.05) is 17.7 Å². The Balaban J connectivity index is 2.29. The Morgan fingerprint density at radius 2 is 1.70 bits per heavy atom. The summed E-state index contributed by atoms with van der Waals surface area (Å²) in [6, 6.07) is 15.8. The van der Waals surface area contributed by atoms with Crippen molar-refractivity contribution in [2.24, 2.45) is 4.99 Å². The van der Waals surface area contributed by atoms with E-state index in [2.05, 4.69) is 4.99 Å². The van der Waals surface area contributed by atoms with Crippen LogP contribution in [0.25, 0.3) is 0 Å². The normalized spacial score (nSPS) is 15.3. The Bertz CT molecular complexity index is 784. The Hall–Kier alpha value is -2.20. The van der Waals surface area contributed by atoms with Crippen molar-refractivity contribution in [3.63, 3.8) is 0 Å². The van der Waals surface area contributed by atoms with Gasteiger partial charge >= 0.3 is 5.97 Å². The lowest BCUT2D eigenvalue weighted by Crippen LogP contribution is -2.40. The number of benzene rings is 2. The van der Waals surface area contributed by atoms with E-state index in [9.17, 15) is 9.18 Å². The highest BCUT2D eigenvalue weighted by atomic mass is 35.5. The molecular formula is C22H25ClFNO2. The van der Waals surface area contributed by atoms with E-state index in [0.29, 0.717) is 10.6 Å². The summed E-state index contributed by atoms with van der Waals surface area (Å²) in [7, 11) is 0. The predicted octanol–water partition coefficient (Wildman–Crippen LogP) is 5.96. The van der Waals surface area contributed by atoms with Crippen LogP contribution in [0.4, 0.5) is 4.39 Å². The number of ether oxygens (including phenoxy) is 1. The lowest BCUT2D eigenvalue weighted by molar-refractivity contribution is -0.161. The molecule has 5 heteroatoms. The zero-order valence-corrected chi connectivity index (χ0v) is 16.8. The minimum Gasteiger partial charge on any atom is -0.458 e. The van der Waals surface area contributed by atoms with Crippen LogP contribution in [-0.4, -0.2) is 23.3 Å². The molecule has 144 valence electrons. The molecule has 0 fully saturated rings. The Labute approximate surface area is 165 Å². The first-order valence-corrected chi connectivity index (χ1v) is 9.20. The highest BCUT2D eigenvalue weighted by Gasteiger charge is 2.39. The van der Waals surface area contributed by atoms with Crippen molar-refractivity contribution in [2.45, 2.75) is 51.4 Å². The quantitative estimate of drug-likeness (QED) is 0.451. The highest BCUT2D eigenvalue weighted by Crippen LogP contribution is 2.32. The molecule has 2 aromatic carbocycles. The van der Waals surface area contributed by atoms with E-state index >= 15 is 0 Å². The van der Waals surface area contributed by atoms with Crippen LogP contribution in [0.15, 0.2) is 59.6 Å². The molecule has 0 amide bonds. The van der Waals surface area contributed by atoms with Gasteiger partial charge in [-0.1, -0.05) is 54.1 Å². The zero-order valence-electron chi connectivity index (χ0n) is 16.1. The number of carbonyl (C=O) groups excluding carboxylic acids is 1. The minimum absolute atomic E-state index is 0.115. The second kappa shape index (κ2) is 8.66. The molecule has 0 saturated carbocycles. The number of nitrogens with zero attached hydrogens (tertiary/aromatic N) is 1. The van der Waals surface area contributed by atoms with Gasteiger partial charge in [-0.2, -0.15) is 0 Å². The smallest absolute Gasteiger partial charge is 0.334 e. The molecule has 3 nitrogen and oxygen atoms in total.